The molecule has 1 rings (SSSR count). The van der Waals surface area contributed by atoms with Gasteiger partial charge in [-0.1, -0.05) is 23.6 Å². The van der Waals surface area contributed by atoms with E-state index in [0.717, 1.165) is 5.56 Å². The largest absolute Gasteiger partial charge is 0.382 e. The molecule has 1 N–H and O–H groups in total. The summed E-state index contributed by atoms with van der Waals surface area (Å²) in [5.74, 6) is 1.99. The van der Waals surface area contributed by atoms with E-state index in [0.29, 0.717) is 0 Å². The average Bonchev–Trinajstić information content (AvgIpc) is 2.29. The molecule has 0 radical (unpaired) electrons. The van der Waals surface area contributed by atoms with Crippen LogP contribution in [0.25, 0.3) is 0 Å². The average molecular weight is 254 g/mol. The molecule has 1 atom stereocenters. The first-order valence-electron chi connectivity index (χ1n) is 5.06. The number of aliphatic hydroxyl groups is 1. The topological polar surface area (TPSA) is 63.6 Å². The van der Waals surface area contributed by atoms with E-state index in [4.69, 9.17) is 15.7 Å². The molecule has 0 heterocycles. The lowest BCUT2D eigenvalue weighted by Crippen LogP contribution is -2.18. The predicted molar refractivity (Wildman–Crippen MR) is 65.1 cm³/mol. The van der Waals surface area contributed by atoms with Crippen LogP contribution in [0.1, 0.15) is 12.0 Å². The van der Waals surface area contributed by atoms with Gasteiger partial charge in [0.25, 0.3) is 0 Å². The van der Waals surface area contributed by atoms with Crippen LogP contribution in [0.4, 0.5) is 0 Å². The first-order valence-corrected chi connectivity index (χ1v) is 6.64. The smallest absolute Gasteiger partial charge is 0.309 e. The first-order chi connectivity index (χ1) is 7.93. The molecule has 0 fully saturated rings. The molecule has 4 nitrogen and oxygen atoms in total. The summed E-state index contributed by atoms with van der Waals surface area (Å²) in [7, 11) is -3.71. The van der Waals surface area contributed by atoms with E-state index in [1.165, 1.54) is 0 Å². The zero-order valence-electron chi connectivity index (χ0n) is 9.46. The first kappa shape index (κ1) is 13.6. The van der Waals surface area contributed by atoms with Gasteiger partial charge in [-0.05, 0) is 19.1 Å². The Morgan fingerprint density at radius 2 is 2.00 bits per heavy atom. The predicted octanol–water partition coefficient (Wildman–Crippen LogP) is 1.09. The molecule has 0 bridgehead atoms. The second-order valence-electron chi connectivity index (χ2n) is 3.63. The Balaban J connectivity index is 2.61. The number of benzene rings is 1. The zero-order chi connectivity index (χ0) is 12.9. The Morgan fingerprint density at radius 3 is 2.53 bits per heavy atom. The molecule has 17 heavy (non-hydrogen) atoms. The van der Waals surface area contributed by atoms with Crippen molar-refractivity contribution in [3.8, 4) is 18.1 Å². The maximum absolute atomic E-state index is 11.5. The molecule has 0 saturated carbocycles. The molecule has 0 amide bonds. The number of terminal acetylenes is 1. The molecule has 5 heteroatoms. The van der Waals surface area contributed by atoms with E-state index in [9.17, 15) is 8.42 Å². The van der Waals surface area contributed by atoms with Crippen molar-refractivity contribution in [3.63, 3.8) is 0 Å². The summed E-state index contributed by atoms with van der Waals surface area (Å²) in [5, 5.41) is 9.07. The van der Waals surface area contributed by atoms with Gasteiger partial charge >= 0.3 is 10.1 Å². The minimum Gasteiger partial charge on any atom is -0.382 e. The van der Waals surface area contributed by atoms with Crippen LogP contribution in [0, 0.1) is 19.3 Å². The van der Waals surface area contributed by atoms with Crippen molar-refractivity contribution in [1.82, 2.24) is 0 Å². The summed E-state index contributed by atoms with van der Waals surface area (Å²) in [5.41, 5.74) is 1.01. The van der Waals surface area contributed by atoms with Gasteiger partial charge in [0.2, 0.25) is 0 Å². The third kappa shape index (κ3) is 4.89. The Kier molecular flexibility index (Phi) is 4.55. The summed E-state index contributed by atoms with van der Waals surface area (Å²) in [6, 6.07) is 6.65. The van der Waals surface area contributed by atoms with Gasteiger partial charge in [0.05, 0.1) is 5.75 Å². The van der Waals surface area contributed by atoms with E-state index < -0.39 is 16.2 Å². The second-order valence-corrected chi connectivity index (χ2v) is 5.32. The van der Waals surface area contributed by atoms with Crippen molar-refractivity contribution >= 4 is 10.1 Å². The minimum atomic E-state index is -3.71. The zero-order valence-corrected chi connectivity index (χ0v) is 10.3. The maximum atomic E-state index is 11.5. The van der Waals surface area contributed by atoms with Crippen molar-refractivity contribution in [1.29, 1.82) is 0 Å². The third-order valence-corrected chi connectivity index (χ3v) is 3.26. The standard InChI is InChI=1S/C12H14O4S/c1-3-11(13)8-9-17(14,15)16-12-6-4-10(2)5-7-12/h1,4-7,11,13H,8-9H2,2H3. The fraction of sp³-hybridized carbons (Fsp3) is 0.333. The Bertz CT molecular complexity index is 496. The van der Waals surface area contributed by atoms with Gasteiger partial charge in [-0.15, -0.1) is 6.42 Å². The van der Waals surface area contributed by atoms with Crippen LogP contribution in [0.3, 0.4) is 0 Å². The third-order valence-electron chi connectivity index (χ3n) is 2.08. The van der Waals surface area contributed by atoms with E-state index in [-0.39, 0.29) is 17.9 Å². The molecule has 0 aromatic heterocycles. The number of aryl methyl sites for hydroxylation is 1. The van der Waals surface area contributed by atoms with Crippen LogP contribution in [0.5, 0.6) is 5.75 Å². The van der Waals surface area contributed by atoms with Gasteiger partial charge < -0.3 is 9.29 Å². The molecule has 0 aliphatic heterocycles. The van der Waals surface area contributed by atoms with E-state index in [1.807, 2.05) is 12.8 Å². The summed E-state index contributed by atoms with van der Waals surface area (Å²) >= 11 is 0. The fourth-order valence-electron chi connectivity index (χ4n) is 1.12. The molecular weight excluding hydrogens is 240 g/mol. The Labute approximate surface area is 101 Å². The van der Waals surface area contributed by atoms with Gasteiger partial charge in [-0.25, -0.2) is 0 Å². The summed E-state index contributed by atoms with van der Waals surface area (Å²) in [6.45, 7) is 1.89. The van der Waals surface area contributed by atoms with Crippen molar-refractivity contribution in [2.75, 3.05) is 5.75 Å². The second kappa shape index (κ2) is 5.71. The Morgan fingerprint density at radius 1 is 1.41 bits per heavy atom. The highest BCUT2D eigenvalue weighted by Crippen LogP contribution is 2.14. The van der Waals surface area contributed by atoms with E-state index >= 15 is 0 Å². The lowest BCUT2D eigenvalue weighted by molar-refractivity contribution is 0.228. The number of aliphatic hydroxyl groups excluding tert-OH is 1. The van der Waals surface area contributed by atoms with Crippen LogP contribution in [0.15, 0.2) is 24.3 Å². The van der Waals surface area contributed by atoms with Crippen molar-refractivity contribution in [2.45, 2.75) is 19.4 Å². The number of hydrogen-bond donors (Lipinski definition) is 1. The van der Waals surface area contributed by atoms with Gasteiger partial charge in [-0.3, -0.25) is 0 Å². The molecule has 1 unspecified atom stereocenters. The summed E-state index contributed by atoms with van der Waals surface area (Å²) < 4.78 is 27.9. The van der Waals surface area contributed by atoms with Crippen LogP contribution >= 0.6 is 0 Å². The minimum absolute atomic E-state index is 0.0370. The normalized spacial score (nSPS) is 12.8. The van der Waals surface area contributed by atoms with Crippen molar-refractivity contribution in [3.05, 3.63) is 29.8 Å². The highest BCUT2D eigenvalue weighted by Gasteiger charge is 2.14. The van der Waals surface area contributed by atoms with Crippen molar-refractivity contribution in [2.24, 2.45) is 0 Å². The van der Waals surface area contributed by atoms with Crippen LogP contribution in [0.2, 0.25) is 0 Å². The molecule has 0 aliphatic carbocycles. The SMILES string of the molecule is C#CC(O)CCS(=O)(=O)Oc1ccc(C)cc1. The van der Waals surface area contributed by atoms with Gasteiger partial charge in [0.15, 0.2) is 0 Å². The molecular formula is C12H14O4S. The molecule has 0 saturated heterocycles. The number of rotatable bonds is 5. The molecule has 1 aromatic carbocycles. The van der Waals surface area contributed by atoms with Gasteiger partial charge in [-0.2, -0.15) is 8.42 Å². The van der Waals surface area contributed by atoms with Crippen LogP contribution < -0.4 is 4.18 Å². The quantitative estimate of drug-likeness (QED) is 0.631. The fourth-order valence-corrected chi connectivity index (χ4v) is 2.12. The van der Waals surface area contributed by atoms with E-state index in [2.05, 4.69) is 0 Å². The molecule has 0 spiro atoms. The summed E-state index contributed by atoms with van der Waals surface area (Å²) in [4.78, 5) is 0. The van der Waals surface area contributed by atoms with Crippen LogP contribution in [-0.4, -0.2) is 25.4 Å². The maximum Gasteiger partial charge on any atom is 0.309 e. The van der Waals surface area contributed by atoms with E-state index in [1.54, 1.807) is 24.3 Å². The van der Waals surface area contributed by atoms with Crippen LogP contribution in [-0.2, 0) is 10.1 Å². The molecule has 0 aliphatic rings. The highest BCUT2D eigenvalue weighted by molar-refractivity contribution is 7.87. The van der Waals surface area contributed by atoms with Gasteiger partial charge in [0.1, 0.15) is 11.9 Å². The molecule has 1 aromatic rings. The lowest BCUT2D eigenvalue weighted by Gasteiger charge is -2.07. The highest BCUT2D eigenvalue weighted by atomic mass is 32.2. The Hall–Kier alpha value is -1.51. The lowest BCUT2D eigenvalue weighted by atomic mass is 10.2. The molecule has 92 valence electrons. The monoisotopic (exact) mass is 254 g/mol. The van der Waals surface area contributed by atoms with Crippen molar-refractivity contribution < 1.29 is 17.7 Å². The summed E-state index contributed by atoms with van der Waals surface area (Å²) in [6.07, 6.45) is 3.83. The van der Waals surface area contributed by atoms with Gasteiger partial charge in [0, 0.05) is 6.42 Å². The number of hydrogen-bond acceptors (Lipinski definition) is 4.